The van der Waals surface area contributed by atoms with Crippen molar-refractivity contribution in [2.75, 3.05) is 5.73 Å². The number of aromatic nitrogens is 2. The van der Waals surface area contributed by atoms with Crippen LogP contribution < -0.4 is 5.73 Å². The number of fused-ring (bicyclic) bond motifs is 1. The largest absolute Gasteiger partial charge is 0.476 e. The van der Waals surface area contributed by atoms with Crippen molar-refractivity contribution in [3.63, 3.8) is 0 Å². The molecule has 19 heavy (non-hydrogen) atoms. The van der Waals surface area contributed by atoms with Crippen LogP contribution in [0.15, 0.2) is 35.4 Å². The number of hydrogen-bond donors (Lipinski definition) is 2. The summed E-state index contributed by atoms with van der Waals surface area (Å²) in [5.41, 5.74) is 7.12. The lowest BCUT2D eigenvalue weighted by molar-refractivity contribution is 0.0690. The Morgan fingerprint density at radius 3 is 3.00 bits per heavy atom. The van der Waals surface area contributed by atoms with Gasteiger partial charge in [0.2, 0.25) is 0 Å². The second kappa shape index (κ2) is 4.62. The van der Waals surface area contributed by atoms with Crippen LogP contribution in [0.2, 0.25) is 0 Å². The molecule has 0 saturated carbocycles. The molecular weight excluding hydrogens is 262 g/mol. The van der Waals surface area contributed by atoms with Crippen LogP contribution in [0, 0.1) is 0 Å². The van der Waals surface area contributed by atoms with Crippen molar-refractivity contribution < 1.29 is 9.90 Å². The summed E-state index contributed by atoms with van der Waals surface area (Å²) in [6, 6.07) is 8.31. The van der Waals surface area contributed by atoms with E-state index in [1.165, 1.54) is 10.5 Å². The minimum atomic E-state index is -1.08. The summed E-state index contributed by atoms with van der Waals surface area (Å²) in [5.74, 6) is -1.08. The lowest BCUT2D eigenvalue weighted by Crippen LogP contribution is -2.13. The Kier molecular flexibility index (Phi) is 2.94. The average Bonchev–Trinajstić information content (AvgIpc) is 2.92. The van der Waals surface area contributed by atoms with Crippen LogP contribution in [0.25, 0.3) is 0 Å². The molecule has 1 aromatic heterocycles. The van der Waals surface area contributed by atoms with Gasteiger partial charge >= 0.3 is 5.97 Å². The van der Waals surface area contributed by atoms with E-state index in [0.29, 0.717) is 11.8 Å². The van der Waals surface area contributed by atoms with E-state index in [1.54, 1.807) is 22.6 Å². The van der Waals surface area contributed by atoms with Gasteiger partial charge in [-0.1, -0.05) is 18.2 Å². The smallest absolute Gasteiger partial charge is 0.358 e. The van der Waals surface area contributed by atoms with Crippen molar-refractivity contribution in [2.24, 2.45) is 0 Å². The SMILES string of the molecule is Nc1cn(CC2Cc3ccccc3S2)nc1C(=O)O. The molecule has 0 amide bonds. The molecule has 0 spiro atoms. The number of nitrogens with two attached hydrogens (primary N) is 1. The molecule has 3 rings (SSSR count). The highest BCUT2D eigenvalue weighted by atomic mass is 32.2. The third kappa shape index (κ3) is 2.31. The van der Waals surface area contributed by atoms with Crippen LogP contribution in [-0.4, -0.2) is 26.1 Å². The van der Waals surface area contributed by atoms with Crippen molar-refractivity contribution in [3.05, 3.63) is 41.7 Å². The topological polar surface area (TPSA) is 81.1 Å². The Balaban J connectivity index is 1.74. The van der Waals surface area contributed by atoms with Crippen LogP contribution in [0.4, 0.5) is 5.69 Å². The maximum atomic E-state index is 10.9. The molecule has 1 aliphatic heterocycles. The van der Waals surface area contributed by atoms with Gasteiger partial charge < -0.3 is 10.8 Å². The number of carboxylic acids is 1. The quantitative estimate of drug-likeness (QED) is 0.894. The Hall–Kier alpha value is -1.95. The third-order valence-electron chi connectivity index (χ3n) is 3.10. The molecule has 1 aromatic carbocycles. The van der Waals surface area contributed by atoms with Crippen molar-refractivity contribution in [2.45, 2.75) is 23.1 Å². The molecule has 98 valence electrons. The van der Waals surface area contributed by atoms with E-state index in [4.69, 9.17) is 10.8 Å². The molecule has 0 aliphatic carbocycles. The standard InChI is InChI=1S/C13H13N3O2S/c14-10-7-16(15-12(10)13(17)18)6-9-5-8-3-1-2-4-11(8)19-9/h1-4,7,9H,5-6,14H2,(H,17,18). The summed E-state index contributed by atoms with van der Waals surface area (Å²) in [6.07, 6.45) is 2.57. The molecule has 0 bridgehead atoms. The molecule has 0 fully saturated rings. The number of nitrogens with zero attached hydrogens (tertiary/aromatic N) is 2. The number of nitrogen functional groups attached to an aromatic ring is 1. The fourth-order valence-corrected chi connectivity index (χ4v) is 3.57. The minimum absolute atomic E-state index is 0.0690. The summed E-state index contributed by atoms with van der Waals surface area (Å²) in [6.45, 7) is 0.664. The first kappa shape index (κ1) is 12.1. The maximum absolute atomic E-state index is 10.9. The Labute approximate surface area is 114 Å². The maximum Gasteiger partial charge on any atom is 0.358 e. The molecule has 0 radical (unpaired) electrons. The molecule has 3 N–H and O–H groups in total. The number of rotatable bonds is 3. The van der Waals surface area contributed by atoms with E-state index in [0.717, 1.165) is 6.42 Å². The average molecular weight is 275 g/mol. The number of hydrogen-bond acceptors (Lipinski definition) is 4. The molecule has 1 unspecified atom stereocenters. The summed E-state index contributed by atoms with van der Waals surface area (Å²) in [4.78, 5) is 12.2. The lowest BCUT2D eigenvalue weighted by atomic mass is 10.1. The van der Waals surface area contributed by atoms with Crippen molar-refractivity contribution in [1.29, 1.82) is 0 Å². The fraction of sp³-hybridized carbons (Fsp3) is 0.231. The van der Waals surface area contributed by atoms with Crippen molar-refractivity contribution in [1.82, 2.24) is 9.78 Å². The molecule has 2 aromatic rings. The van der Waals surface area contributed by atoms with Crippen LogP contribution in [0.1, 0.15) is 16.1 Å². The predicted molar refractivity (Wildman–Crippen MR) is 73.4 cm³/mol. The first-order valence-corrected chi connectivity index (χ1v) is 6.82. The van der Waals surface area contributed by atoms with E-state index in [2.05, 4.69) is 17.2 Å². The van der Waals surface area contributed by atoms with Gasteiger partial charge in [-0.15, -0.1) is 11.8 Å². The van der Waals surface area contributed by atoms with Crippen molar-refractivity contribution in [3.8, 4) is 0 Å². The van der Waals surface area contributed by atoms with Crippen LogP contribution in [0.5, 0.6) is 0 Å². The van der Waals surface area contributed by atoms with Gasteiger partial charge in [0.05, 0.1) is 12.2 Å². The second-order valence-electron chi connectivity index (χ2n) is 4.51. The van der Waals surface area contributed by atoms with Crippen LogP contribution in [-0.2, 0) is 13.0 Å². The van der Waals surface area contributed by atoms with Gasteiger partial charge in [-0.25, -0.2) is 4.79 Å². The first-order chi connectivity index (χ1) is 9.13. The predicted octanol–water partition coefficient (Wildman–Crippen LogP) is 1.88. The summed E-state index contributed by atoms with van der Waals surface area (Å²) in [7, 11) is 0. The monoisotopic (exact) mass is 275 g/mol. The van der Waals surface area contributed by atoms with Gasteiger partial charge in [0.1, 0.15) is 0 Å². The highest BCUT2D eigenvalue weighted by molar-refractivity contribution is 8.00. The zero-order chi connectivity index (χ0) is 13.4. The zero-order valence-electron chi connectivity index (χ0n) is 10.1. The second-order valence-corrected chi connectivity index (χ2v) is 5.85. The van der Waals surface area contributed by atoms with Crippen molar-refractivity contribution >= 4 is 23.4 Å². The Morgan fingerprint density at radius 1 is 1.53 bits per heavy atom. The number of benzene rings is 1. The molecule has 6 heteroatoms. The molecule has 1 aliphatic rings. The van der Waals surface area contributed by atoms with E-state index in [9.17, 15) is 4.79 Å². The number of anilines is 1. The number of carboxylic acid groups (broad SMARTS) is 1. The highest BCUT2D eigenvalue weighted by Gasteiger charge is 2.23. The Bertz CT molecular complexity index is 614. The fourth-order valence-electron chi connectivity index (χ4n) is 2.26. The summed E-state index contributed by atoms with van der Waals surface area (Å²) < 4.78 is 1.63. The van der Waals surface area contributed by atoms with E-state index >= 15 is 0 Å². The summed E-state index contributed by atoms with van der Waals surface area (Å²) in [5, 5.41) is 13.3. The highest BCUT2D eigenvalue weighted by Crippen LogP contribution is 2.37. The molecule has 1 atom stereocenters. The van der Waals surface area contributed by atoms with Gasteiger partial charge in [0, 0.05) is 16.3 Å². The van der Waals surface area contributed by atoms with Gasteiger partial charge in [-0.3, -0.25) is 4.68 Å². The van der Waals surface area contributed by atoms with Crippen LogP contribution >= 0.6 is 11.8 Å². The third-order valence-corrected chi connectivity index (χ3v) is 4.40. The van der Waals surface area contributed by atoms with Gasteiger partial charge in [-0.05, 0) is 18.1 Å². The number of carbonyl (C=O) groups is 1. The molecule has 2 heterocycles. The van der Waals surface area contributed by atoms with Gasteiger partial charge in [0.25, 0.3) is 0 Å². The number of aromatic carboxylic acids is 1. The van der Waals surface area contributed by atoms with E-state index in [1.807, 2.05) is 12.1 Å². The van der Waals surface area contributed by atoms with E-state index in [-0.39, 0.29) is 11.4 Å². The Morgan fingerprint density at radius 2 is 2.32 bits per heavy atom. The molecular formula is C13H13N3O2S. The van der Waals surface area contributed by atoms with Gasteiger partial charge in [-0.2, -0.15) is 5.10 Å². The lowest BCUT2D eigenvalue weighted by Gasteiger charge is -2.07. The molecule has 0 saturated heterocycles. The van der Waals surface area contributed by atoms with Crippen LogP contribution in [0.3, 0.4) is 0 Å². The van der Waals surface area contributed by atoms with Gasteiger partial charge in [0.15, 0.2) is 5.69 Å². The molecule has 5 nitrogen and oxygen atoms in total. The minimum Gasteiger partial charge on any atom is -0.476 e. The normalized spacial score (nSPS) is 17.4. The number of thioether (sulfide) groups is 1. The van der Waals surface area contributed by atoms with E-state index < -0.39 is 5.97 Å². The summed E-state index contributed by atoms with van der Waals surface area (Å²) >= 11 is 1.81. The first-order valence-electron chi connectivity index (χ1n) is 5.94. The zero-order valence-corrected chi connectivity index (χ0v) is 10.9.